The van der Waals surface area contributed by atoms with Crippen molar-refractivity contribution in [1.29, 1.82) is 0 Å². The summed E-state index contributed by atoms with van der Waals surface area (Å²) in [5, 5.41) is 7.46. The molecule has 0 aliphatic carbocycles. The Bertz CT molecular complexity index is 3850. The van der Waals surface area contributed by atoms with Gasteiger partial charge in [-0.05, 0) is 142 Å². The molecule has 2 aromatic heterocycles. The van der Waals surface area contributed by atoms with Crippen molar-refractivity contribution in [3.63, 3.8) is 0 Å². The fourth-order valence-corrected chi connectivity index (χ4v) is 14.4. The van der Waals surface area contributed by atoms with Gasteiger partial charge in [0.1, 0.15) is 0 Å². The summed E-state index contributed by atoms with van der Waals surface area (Å²) in [4.78, 5) is 5.29. The molecule has 0 aliphatic rings. The number of hydrogen-bond donors (Lipinski definition) is 0. The van der Waals surface area contributed by atoms with Gasteiger partial charge in [-0.1, -0.05) is 158 Å². The summed E-state index contributed by atoms with van der Waals surface area (Å²) < 4.78 is 4.80. The van der Waals surface area contributed by atoms with Crippen molar-refractivity contribution in [2.24, 2.45) is 0 Å². The van der Waals surface area contributed by atoms with Gasteiger partial charge in [-0.2, -0.15) is 0 Å². The molecule has 0 radical (unpaired) electrons. The highest BCUT2D eigenvalue weighted by Crippen LogP contribution is 2.73. The van der Waals surface area contributed by atoms with Crippen LogP contribution in [0, 0.1) is 0 Å². The van der Waals surface area contributed by atoms with Crippen LogP contribution in [0.3, 0.4) is 0 Å². The third kappa shape index (κ3) is 6.35. The Hall–Kier alpha value is -8.37. The fourth-order valence-electron chi connectivity index (χ4n) is 10.5. The highest BCUT2D eigenvalue weighted by atomic mass is 32.3. The molecule has 0 atom stereocenters. The lowest BCUT2D eigenvalue weighted by molar-refractivity contribution is 1.18. The van der Waals surface area contributed by atoms with Crippen molar-refractivity contribution >= 4 is 64.4 Å². The predicted octanol–water partition coefficient (Wildman–Crippen LogP) is 17.7. The van der Waals surface area contributed by atoms with E-state index in [9.17, 15) is 0 Å². The lowest BCUT2D eigenvalue weighted by Crippen LogP contribution is -2.05. The van der Waals surface area contributed by atoms with Gasteiger partial charge in [-0.25, -0.2) is 0 Å². The van der Waals surface area contributed by atoms with Crippen LogP contribution in [0.5, 0.6) is 0 Å². The molecule has 0 aliphatic heterocycles. The first-order chi connectivity index (χ1) is 33.2. The van der Waals surface area contributed by atoms with E-state index in [1.807, 2.05) is 0 Å². The summed E-state index contributed by atoms with van der Waals surface area (Å²) in [6.07, 6.45) is 0. The molecule has 0 saturated carbocycles. The summed E-state index contributed by atoms with van der Waals surface area (Å²) >= 11 is 0. The Balaban J connectivity index is 0.872. The number of aromatic nitrogens is 2. The van der Waals surface area contributed by atoms with E-state index in [0.29, 0.717) is 0 Å². The molecule has 13 aromatic rings. The average molecular weight is 873 g/mol. The Morgan fingerprint density at radius 1 is 0.224 bits per heavy atom. The van der Waals surface area contributed by atoms with Gasteiger partial charge in [-0.15, -0.1) is 10.0 Å². The number of nitrogens with zero attached hydrogens (tertiary/aromatic N) is 2. The lowest BCUT2D eigenvalue weighted by atomic mass is 9.98. The van der Waals surface area contributed by atoms with Crippen LogP contribution in [0.2, 0.25) is 0 Å². The average Bonchev–Trinajstić information content (AvgIpc) is 3.92. The second kappa shape index (κ2) is 16.0. The van der Waals surface area contributed by atoms with Gasteiger partial charge in [0.25, 0.3) is 0 Å². The monoisotopic (exact) mass is 872 g/mol. The summed E-state index contributed by atoms with van der Waals surface area (Å²) in [7, 11) is -1.79. The zero-order chi connectivity index (χ0) is 44.3. The van der Waals surface area contributed by atoms with Crippen LogP contribution in [-0.4, -0.2) is 9.13 Å². The minimum absolute atomic E-state index is 1.15. The van der Waals surface area contributed by atoms with E-state index in [1.165, 1.54) is 102 Å². The van der Waals surface area contributed by atoms with Gasteiger partial charge in [0.05, 0.1) is 22.1 Å². The second-order valence-corrected chi connectivity index (χ2v) is 20.4. The molecular formula is C64H44N2S. The maximum absolute atomic E-state index is 2.44. The van der Waals surface area contributed by atoms with E-state index in [0.717, 1.165) is 5.69 Å². The van der Waals surface area contributed by atoms with E-state index in [4.69, 9.17) is 0 Å². The van der Waals surface area contributed by atoms with Crippen LogP contribution in [0.1, 0.15) is 0 Å². The molecule has 0 saturated heterocycles. The summed E-state index contributed by atoms with van der Waals surface area (Å²) in [5.74, 6) is 0. The molecule has 0 spiro atoms. The second-order valence-electron chi connectivity index (χ2n) is 17.3. The van der Waals surface area contributed by atoms with Crippen molar-refractivity contribution in [2.45, 2.75) is 19.6 Å². The topological polar surface area (TPSA) is 9.86 Å². The summed E-state index contributed by atoms with van der Waals surface area (Å²) in [6.45, 7) is 0. The van der Waals surface area contributed by atoms with Gasteiger partial charge < -0.3 is 9.13 Å². The van der Waals surface area contributed by atoms with Crippen LogP contribution in [0.25, 0.3) is 88.0 Å². The molecule has 2 nitrogen and oxygen atoms in total. The van der Waals surface area contributed by atoms with E-state index < -0.39 is 10.0 Å². The first-order valence-corrected chi connectivity index (χ1v) is 24.6. The zero-order valence-corrected chi connectivity index (χ0v) is 37.5. The van der Waals surface area contributed by atoms with Gasteiger partial charge in [-0.3, -0.25) is 0 Å². The molecule has 0 fully saturated rings. The van der Waals surface area contributed by atoms with E-state index in [-0.39, 0.29) is 0 Å². The number of hydrogen-bond acceptors (Lipinski definition) is 0. The van der Waals surface area contributed by atoms with Gasteiger partial charge in [0.15, 0.2) is 0 Å². The SMILES string of the molecule is c1ccc(-n2c3ccccc3c3cc(-c4ccc(-c5ccc6c(c5)c5ccccc5n6-c5ccc6cc(S(c7ccccc7)(c7ccccc7)c7ccccc7)ccc6c5)cc4)ccc32)cc1. The molecule has 3 heteroatoms. The van der Waals surface area contributed by atoms with Gasteiger partial charge in [0.2, 0.25) is 0 Å². The Kier molecular flexibility index (Phi) is 9.29. The highest BCUT2D eigenvalue weighted by molar-refractivity contribution is 8.34. The summed E-state index contributed by atoms with van der Waals surface area (Å²) in [6, 6.07) is 98.5. The van der Waals surface area contributed by atoms with E-state index >= 15 is 0 Å². The van der Waals surface area contributed by atoms with Crippen molar-refractivity contribution in [2.75, 3.05) is 0 Å². The number of fused-ring (bicyclic) bond motifs is 7. The van der Waals surface area contributed by atoms with Crippen molar-refractivity contribution in [3.8, 4) is 33.6 Å². The lowest BCUT2D eigenvalue weighted by Gasteiger charge is -2.42. The normalized spacial score (nSPS) is 12.1. The molecular weight excluding hydrogens is 829 g/mol. The maximum atomic E-state index is 2.44. The largest absolute Gasteiger partial charge is 0.309 e. The van der Waals surface area contributed by atoms with Crippen LogP contribution in [-0.2, 0) is 0 Å². The standard InChI is InChI=1S/C64H44N2S/c1-5-17-51(18-6-1)65-61-27-15-13-25-57(61)59-43-49(35-39-63(59)65)45-29-31-46(32-30-45)50-36-40-64-60(44-50)58-26-14-16-28-62(58)66(64)52-37-33-48-42-56(38-34-47(48)41-52)67(53-19-7-2-8-20-53,54-21-9-3-10-22-54)55-23-11-4-12-24-55/h1-44H. The number of para-hydroxylation sites is 3. The molecule has 67 heavy (non-hydrogen) atoms. The van der Waals surface area contributed by atoms with Crippen LogP contribution in [0.15, 0.2) is 287 Å². The van der Waals surface area contributed by atoms with Crippen LogP contribution >= 0.6 is 10.0 Å². The van der Waals surface area contributed by atoms with E-state index in [1.54, 1.807) is 0 Å². The highest BCUT2D eigenvalue weighted by Gasteiger charge is 2.33. The molecule has 0 N–H and O–H groups in total. The van der Waals surface area contributed by atoms with Crippen LogP contribution in [0.4, 0.5) is 0 Å². The molecule has 0 bridgehead atoms. The van der Waals surface area contributed by atoms with E-state index in [2.05, 4.69) is 276 Å². The molecule has 0 amide bonds. The first kappa shape index (κ1) is 39.0. The smallest absolute Gasteiger partial charge is 0.0541 e. The number of rotatable bonds is 8. The Labute approximate surface area is 391 Å². The summed E-state index contributed by atoms with van der Waals surface area (Å²) in [5.41, 5.74) is 12.0. The third-order valence-electron chi connectivity index (χ3n) is 13.6. The zero-order valence-electron chi connectivity index (χ0n) is 36.7. The Morgan fingerprint density at radius 2 is 0.612 bits per heavy atom. The molecule has 316 valence electrons. The predicted molar refractivity (Wildman–Crippen MR) is 283 cm³/mol. The molecule has 13 rings (SSSR count). The molecule has 0 unspecified atom stereocenters. The minimum Gasteiger partial charge on any atom is -0.309 e. The van der Waals surface area contributed by atoms with Crippen molar-refractivity contribution in [1.82, 2.24) is 9.13 Å². The van der Waals surface area contributed by atoms with Crippen molar-refractivity contribution < 1.29 is 0 Å². The third-order valence-corrected chi connectivity index (χ3v) is 17.5. The fraction of sp³-hybridized carbons (Fsp3) is 0. The van der Waals surface area contributed by atoms with Gasteiger partial charge in [0, 0.05) is 52.5 Å². The maximum Gasteiger partial charge on any atom is 0.0541 e. The first-order valence-electron chi connectivity index (χ1n) is 23.0. The van der Waals surface area contributed by atoms with Crippen molar-refractivity contribution in [3.05, 3.63) is 267 Å². The molecule has 2 heterocycles. The Morgan fingerprint density at radius 3 is 1.12 bits per heavy atom. The number of benzene rings is 11. The van der Waals surface area contributed by atoms with Gasteiger partial charge >= 0.3 is 0 Å². The molecule has 11 aromatic carbocycles. The quantitative estimate of drug-likeness (QED) is 0.144. The minimum atomic E-state index is -1.79. The van der Waals surface area contributed by atoms with Crippen LogP contribution < -0.4 is 0 Å².